The van der Waals surface area contributed by atoms with E-state index in [0.29, 0.717) is 45.0 Å². The van der Waals surface area contributed by atoms with Crippen LogP contribution in [0.1, 0.15) is 47.8 Å². The minimum atomic E-state index is -2.78. The lowest BCUT2D eigenvalue weighted by Crippen LogP contribution is -2.52. The third kappa shape index (κ3) is 6.17. The molecule has 2 unspecified atom stereocenters. The highest BCUT2D eigenvalue weighted by Crippen LogP contribution is 2.39. The van der Waals surface area contributed by atoms with Crippen LogP contribution in [0.15, 0.2) is 54.4 Å². The highest BCUT2D eigenvalue weighted by Gasteiger charge is 2.35. The maximum Gasteiger partial charge on any atom is 0.264 e. The van der Waals surface area contributed by atoms with Gasteiger partial charge in [-0.2, -0.15) is 5.10 Å². The van der Waals surface area contributed by atoms with Gasteiger partial charge in [0.25, 0.3) is 12.3 Å². The second-order valence-electron chi connectivity index (χ2n) is 13.8. The fourth-order valence-electron chi connectivity index (χ4n) is 7.77. The lowest BCUT2D eigenvalue weighted by molar-refractivity contribution is -0.118. The van der Waals surface area contributed by atoms with Crippen LogP contribution in [0.5, 0.6) is 0 Å². The Bertz CT molecular complexity index is 1980. The number of carbonyl (C=O) groups excluding carboxylic acids is 1. The van der Waals surface area contributed by atoms with Crippen LogP contribution in [-0.4, -0.2) is 85.7 Å². The minimum absolute atomic E-state index is 0.0982. The molecule has 2 fully saturated rings. The summed E-state index contributed by atoms with van der Waals surface area (Å²) in [7, 11) is 0. The number of rotatable bonds is 10. The molecule has 0 bridgehead atoms. The molecule has 0 spiro atoms. The van der Waals surface area contributed by atoms with Gasteiger partial charge in [-0.1, -0.05) is 12.1 Å². The number of piperidine rings is 1. The van der Waals surface area contributed by atoms with Crippen LogP contribution in [0.25, 0.3) is 22.0 Å². The highest BCUT2D eigenvalue weighted by atomic mass is 32.1. The summed E-state index contributed by atoms with van der Waals surface area (Å²) in [6.45, 7) is 7.39. The Hall–Kier alpha value is -4.27. The number of nitrogens with zero attached hydrogens (tertiary/aromatic N) is 7. The smallest absolute Gasteiger partial charge is 0.264 e. The number of imidazole rings is 1. The van der Waals surface area contributed by atoms with Crippen LogP contribution in [0.3, 0.4) is 0 Å². The Labute approximate surface area is 291 Å². The molecule has 2 N–H and O–H groups in total. The van der Waals surface area contributed by atoms with Gasteiger partial charge in [0.15, 0.2) is 11.2 Å². The van der Waals surface area contributed by atoms with Gasteiger partial charge in [-0.3, -0.25) is 14.8 Å². The molecule has 0 saturated carbocycles. The lowest BCUT2D eigenvalue weighted by Gasteiger charge is -2.44. The Morgan fingerprint density at radius 2 is 1.88 bits per heavy atom. The molecule has 3 aromatic heterocycles. The number of anilines is 2. The van der Waals surface area contributed by atoms with E-state index in [1.165, 1.54) is 34.6 Å². The number of carbonyl (C=O) groups is 1. The molecule has 0 aliphatic carbocycles. The summed E-state index contributed by atoms with van der Waals surface area (Å²) in [4.78, 5) is 27.3. The third-order valence-corrected chi connectivity index (χ3v) is 11.2. The van der Waals surface area contributed by atoms with E-state index in [4.69, 9.17) is 5.10 Å². The summed E-state index contributed by atoms with van der Waals surface area (Å²) in [5.74, 6) is 0.540. The van der Waals surface area contributed by atoms with Gasteiger partial charge in [-0.05, 0) is 73.7 Å². The molecule has 5 aromatic rings. The van der Waals surface area contributed by atoms with E-state index in [1.807, 2.05) is 31.2 Å². The molecule has 10 nitrogen and oxygen atoms in total. The molecule has 50 heavy (non-hydrogen) atoms. The van der Waals surface area contributed by atoms with Gasteiger partial charge in [-0.15, -0.1) is 11.3 Å². The molecular weight excluding hydrogens is 666 g/mol. The van der Waals surface area contributed by atoms with Crippen molar-refractivity contribution < 1.29 is 23.1 Å². The van der Waals surface area contributed by atoms with Crippen LogP contribution >= 0.6 is 11.3 Å². The number of hydrogen-bond acceptors (Lipinski definition) is 8. The van der Waals surface area contributed by atoms with Crippen LogP contribution in [0.2, 0.25) is 0 Å². The first-order valence-corrected chi connectivity index (χ1v) is 18.0. The van der Waals surface area contributed by atoms with E-state index < -0.39 is 24.5 Å². The van der Waals surface area contributed by atoms with Gasteiger partial charge in [0.05, 0.1) is 24.1 Å². The lowest BCUT2D eigenvalue weighted by atomic mass is 9.93. The molecule has 3 aliphatic heterocycles. The number of aromatic nitrogens is 5. The first kappa shape index (κ1) is 32.9. The van der Waals surface area contributed by atoms with Gasteiger partial charge in [0.2, 0.25) is 0 Å². The van der Waals surface area contributed by atoms with Crippen molar-refractivity contribution in [3.05, 3.63) is 76.9 Å². The summed E-state index contributed by atoms with van der Waals surface area (Å²) >= 11 is 1.25. The molecule has 262 valence electrons. The SMILES string of the molecule is Cc1c(-c2ccc(N3CC(CN4CCC(CO)CC4)C3)cc2)cc(C(F)F)c2cn(C(C(=O)Nc3nccs3)c3ncn4c3CC(F)C4)nc12. The van der Waals surface area contributed by atoms with Gasteiger partial charge >= 0.3 is 0 Å². The largest absolute Gasteiger partial charge is 0.396 e. The van der Waals surface area contributed by atoms with Crippen LogP contribution < -0.4 is 10.2 Å². The molecular formula is C36H39F3N8O2S. The van der Waals surface area contributed by atoms with Crippen molar-refractivity contribution in [2.75, 3.05) is 49.5 Å². The number of thiazole rings is 1. The van der Waals surface area contributed by atoms with E-state index in [1.54, 1.807) is 16.1 Å². The first-order chi connectivity index (χ1) is 24.2. The number of benzene rings is 2. The summed E-state index contributed by atoms with van der Waals surface area (Å²) in [6.07, 6.45) is 2.89. The second kappa shape index (κ2) is 13.5. The number of alkyl halides is 3. The van der Waals surface area contributed by atoms with Gasteiger partial charge in [0.1, 0.15) is 6.17 Å². The number of amides is 1. The molecule has 6 heterocycles. The molecule has 1 amide bonds. The Kier molecular flexibility index (Phi) is 8.86. The first-order valence-electron chi connectivity index (χ1n) is 17.1. The molecule has 14 heteroatoms. The number of halogens is 3. The summed E-state index contributed by atoms with van der Waals surface area (Å²) in [5, 5.41) is 19.3. The fourth-order valence-corrected chi connectivity index (χ4v) is 8.31. The van der Waals surface area contributed by atoms with Crippen LogP contribution in [0, 0.1) is 18.8 Å². The third-order valence-electron chi connectivity index (χ3n) is 10.5. The summed E-state index contributed by atoms with van der Waals surface area (Å²) in [6, 6.07) is 8.41. The maximum atomic E-state index is 14.7. The van der Waals surface area contributed by atoms with E-state index in [0.717, 1.165) is 56.8 Å². The minimum Gasteiger partial charge on any atom is -0.396 e. The van der Waals surface area contributed by atoms with E-state index >= 15 is 0 Å². The number of aliphatic hydroxyl groups excluding tert-OH is 1. The molecule has 0 radical (unpaired) electrons. The number of nitrogens with one attached hydrogen (secondary N) is 1. The van der Waals surface area contributed by atoms with Crippen LogP contribution in [-0.2, 0) is 17.8 Å². The maximum absolute atomic E-state index is 14.7. The number of hydrogen-bond donors (Lipinski definition) is 2. The van der Waals surface area contributed by atoms with E-state index in [9.17, 15) is 23.1 Å². The fraction of sp³-hybridized carbons (Fsp3) is 0.444. The Morgan fingerprint density at radius 1 is 1.10 bits per heavy atom. The zero-order chi connectivity index (χ0) is 34.5. The molecule has 2 saturated heterocycles. The summed E-state index contributed by atoms with van der Waals surface area (Å²) < 4.78 is 46.9. The average molecular weight is 705 g/mol. The molecule has 3 aliphatic rings. The van der Waals surface area contributed by atoms with Crippen molar-refractivity contribution in [2.24, 2.45) is 11.8 Å². The average Bonchev–Trinajstić information content (AvgIpc) is 3.90. The standard InChI is InChI=1S/C36H39F3N8O2S/c1-21-27(24-2-4-26(5-3-24)45-15-23(16-45)14-44-9-6-22(19-48)7-10-44)13-28(34(38)39)29-18-47(43-31(21)29)33(35(49)42-36-40-8-11-50-36)32-30-12-25(37)17-46(30)20-41-32/h2-5,8,11,13,18,20,22-23,25,33-34,48H,6-7,9-10,12,14-17,19H2,1H3,(H,40,42,49). The normalized spacial score (nSPS) is 19.3. The zero-order valence-corrected chi connectivity index (χ0v) is 28.5. The number of aliphatic hydroxyl groups is 1. The van der Waals surface area contributed by atoms with Crippen molar-refractivity contribution in [1.29, 1.82) is 0 Å². The summed E-state index contributed by atoms with van der Waals surface area (Å²) in [5.41, 5.74) is 4.35. The number of likely N-dealkylation sites (tertiary alicyclic amines) is 1. The monoisotopic (exact) mass is 704 g/mol. The predicted octanol–water partition coefficient (Wildman–Crippen LogP) is 5.87. The molecule has 2 atom stereocenters. The predicted molar refractivity (Wildman–Crippen MR) is 187 cm³/mol. The molecule has 2 aromatic carbocycles. The van der Waals surface area contributed by atoms with E-state index in [2.05, 4.69) is 25.1 Å². The number of fused-ring (bicyclic) bond motifs is 2. The van der Waals surface area contributed by atoms with Crippen LogP contribution in [0.4, 0.5) is 24.0 Å². The van der Waals surface area contributed by atoms with Crippen molar-refractivity contribution in [2.45, 2.75) is 51.4 Å². The Morgan fingerprint density at radius 3 is 2.58 bits per heavy atom. The van der Waals surface area contributed by atoms with Gasteiger partial charge < -0.3 is 19.5 Å². The quantitative estimate of drug-likeness (QED) is 0.188. The van der Waals surface area contributed by atoms with Crippen molar-refractivity contribution >= 4 is 39.0 Å². The zero-order valence-electron chi connectivity index (χ0n) is 27.7. The topological polar surface area (TPSA) is 104 Å². The van der Waals surface area contributed by atoms with Crippen molar-refractivity contribution in [3.63, 3.8) is 0 Å². The van der Waals surface area contributed by atoms with Crippen molar-refractivity contribution in [3.8, 4) is 11.1 Å². The van der Waals surface area contributed by atoms with E-state index in [-0.39, 0.29) is 30.5 Å². The van der Waals surface area contributed by atoms with Gasteiger partial charge in [-0.25, -0.2) is 23.1 Å². The van der Waals surface area contributed by atoms with Crippen molar-refractivity contribution in [1.82, 2.24) is 29.2 Å². The highest BCUT2D eigenvalue weighted by molar-refractivity contribution is 7.13. The van der Waals surface area contributed by atoms with Gasteiger partial charge in [0, 0.05) is 78.7 Å². The molecule has 8 rings (SSSR count). The number of aryl methyl sites for hydroxylation is 1. The Balaban J connectivity index is 1.07. The second-order valence-corrected chi connectivity index (χ2v) is 14.7.